The average Bonchev–Trinajstić information content (AvgIpc) is 2.46. The fourth-order valence-corrected chi connectivity index (χ4v) is 4.82. The molecule has 6 heteroatoms. The van der Waals surface area contributed by atoms with Crippen LogP contribution in [0.25, 0.3) is 0 Å². The molecule has 0 atom stereocenters. The highest BCUT2D eigenvalue weighted by Crippen LogP contribution is 2.28. The highest BCUT2D eigenvalue weighted by atomic mass is 79.9. The third-order valence-corrected chi connectivity index (χ3v) is 6.33. The van der Waals surface area contributed by atoms with E-state index in [2.05, 4.69) is 27.3 Å². The van der Waals surface area contributed by atoms with Crippen molar-refractivity contribution in [2.75, 3.05) is 19.6 Å². The predicted molar refractivity (Wildman–Crippen MR) is 88.7 cm³/mol. The lowest BCUT2D eigenvalue weighted by molar-refractivity contribution is 0.427. The number of nitrogens with one attached hydrogen (secondary N) is 1. The molecule has 2 rings (SSSR count). The van der Waals surface area contributed by atoms with Crippen molar-refractivity contribution >= 4 is 26.0 Å². The lowest BCUT2D eigenvalue weighted by atomic mass is 10.2. The molecular weight excluding hydrogens is 352 g/mol. The third kappa shape index (κ3) is 3.94. The molecule has 0 fully saturated rings. The van der Waals surface area contributed by atoms with Crippen LogP contribution in [0, 0.1) is 0 Å². The monoisotopic (exact) mass is 372 g/mol. The van der Waals surface area contributed by atoms with Crippen LogP contribution in [0.1, 0.15) is 25.8 Å². The summed E-state index contributed by atoms with van der Waals surface area (Å²) in [6.07, 6.45) is 2.88. The van der Waals surface area contributed by atoms with Gasteiger partial charge in [0.2, 0.25) is 10.0 Å². The molecule has 116 valence electrons. The minimum atomic E-state index is -3.46. The van der Waals surface area contributed by atoms with Crippen LogP contribution in [0.4, 0.5) is 0 Å². The molecule has 1 N–H and O–H groups in total. The Balaban J connectivity index is 2.32. The first-order valence-electron chi connectivity index (χ1n) is 7.10. The van der Waals surface area contributed by atoms with E-state index in [-0.39, 0.29) is 0 Å². The van der Waals surface area contributed by atoms with E-state index in [9.17, 15) is 8.42 Å². The standard InChI is InChI=1S/C15H21BrN2O2S/c1-3-17-10-13-6-7-14(16)15(9-13)21(19,20)18-8-4-5-12(2)11-18/h5-7,9,17H,3-4,8,10-11H2,1-2H3. The van der Waals surface area contributed by atoms with Gasteiger partial charge < -0.3 is 5.32 Å². The SMILES string of the molecule is CCNCc1ccc(Br)c(S(=O)(=O)N2CCC=C(C)C2)c1. The summed E-state index contributed by atoms with van der Waals surface area (Å²) in [6, 6.07) is 5.51. The Kier molecular flexibility index (Phi) is 5.60. The number of sulfonamides is 1. The molecule has 1 aromatic carbocycles. The lowest BCUT2D eigenvalue weighted by Gasteiger charge is -2.26. The van der Waals surface area contributed by atoms with Crippen LogP contribution < -0.4 is 5.32 Å². The molecule has 0 radical (unpaired) electrons. The second-order valence-corrected chi connectivity index (χ2v) is 7.98. The highest BCUT2D eigenvalue weighted by molar-refractivity contribution is 9.10. The van der Waals surface area contributed by atoms with Gasteiger partial charge in [0.15, 0.2) is 0 Å². The van der Waals surface area contributed by atoms with Gasteiger partial charge in [-0.25, -0.2) is 8.42 Å². The molecule has 1 aromatic rings. The van der Waals surface area contributed by atoms with Gasteiger partial charge >= 0.3 is 0 Å². The molecule has 21 heavy (non-hydrogen) atoms. The van der Waals surface area contributed by atoms with Gasteiger partial charge in [-0.05, 0) is 53.5 Å². The van der Waals surface area contributed by atoms with E-state index in [4.69, 9.17) is 0 Å². The van der Waals surface area contributed by atoms with Crippen LogP contribution in [0.15, 0.2) is 39.2 Å². The second-order valence-electron chi connectivity index (χ2n) is 5.22. The van der Waals surface area contributed by atoms with E-state index >= 15 is 0 Å². The fourth-order valence-electron chi connectivity index (χ4n) is 2.35. The Bertz CT molecular complexity index is 641. The van der Waals surface area contributed by atoms with E-state index in [0.717, 1.165) is 24.1 Å². The lowest BCUT2D eigenvalue weighted by Crippen LogP contribution is -2.35. The Hall–Kier alpha value is -0.690. The maximum absolute atomic E-state index is 12.8. The maximum Gasteiger partial charge on any atom is 0.244 e. The normalized spacial score (nSPS) is 16.8. The number of benzene rings is 1. The second kappa shape index (κ2) is 7.05. The molecule has 1 aliphatic heterocycles. The van der Waals surface area contributed by atoms with Crippen molar-refractivity contribution in [2.24, 2.45) is 0 Å². The molecule has 0 amide bonds. The third-order valence-electron chi connectivity index (χ3n) is 3.49. The van der Waals surface area contributed by atoms with E-state index in [1.165, 1.54) is 0 Å². The van der Waals surface area contributed by atoms with Gasteiger partial charge in [-0.1, -0.05) is 24.6 Å². The minimum absolute atomic E-state index is 0.354. The summed E-state index contributed by atoms with van der Waals surface area (Å²) in [6.45, 7) is 6.55. The molecule has 0 bridgehead atoms. The molecular formula is C15H21BrN2O2S. The topological polar surface area (TPSA) is 49.4 Å². The van der Waals surface area contributed by atoms with Gasteiger partial charge in [0, 0.05) is 24.1 Å². The first kappa shape index (κ1) is 16.7. The van der Waals surface area contributed by atoms with Gasteiger partial charge in [0.05, 0.1) is 4.90 Å². The van der Waals surface area contributed by atoms with E-state index in [1.54, 1.807) is 10.4 Å². The summed E-state index contributed by atoms with van der Waals surface area (Å²) in [5.41, 5.74) is 2.08. The summed E-state index contributed by atoms with van der Waals surface area (Å²) in [5.74, 6) is 0. The summed E-state index contributed by atoms with van der Waals surface area (Å²) in [7, 11) is -3.46. The van der Waals surface area contributed by atoms with Crippen molar-refractivity contribution in [3.63, 3.8) is 0 Å². The highest BCUT2D eigenvalue weighted by Gasteiger charge is 2.28. The largest absolute Gasteiger partial charge is 0.313 e. The van der Waals surface area contributed by atoms with Gasteiger partial charge in [-0.15, -0.1) is 0 Å². The summed E-state index contributed by atoms with van der Waals surface area (Å²) in [5, 5.41) is 3.22. The quantitative estimate of drug-likeness (QED) is 0.808. The zero-order valence-corrected chi connectivity index (χ0v) is 14.8. The van der Waals surface area contributed by atoms with Crippen LogP contribution in [-0.2, 0) is 16.6 Å². The fraction of sp³-hybridized carbons (Fsp3) is 0.467. The Morgan fingerprint density at radius 2 is 2.14 bits per heavy atom. The molecule has 0 aromatic heterocycles. The number of hydrogen-bond donors (Lipinski definition) is 1. The zero-order valence-electron chi connectivity index (χ0n) is 12.4. The van der Waals surface area contributed by atoms with E-state index in [0.29, 0.717) is 29.0 Å². The number of hydrogen-bond acceptors (Lipinski definition) is 3. The van der Waals surface area contributed by atoms with E-state index in [1.807, 2.05) is 26.0 Å². The summed E-state index contributed by atoms with van der Waals surface area (Å²) in [4.78, 5) is 0.354. The first-order valence-corrected chi connectivity index (χ1v) is 9.33. The van der Waals surface area contributed by atoms with Gasteiger partial charge in [0.25, 0.3) is 0 Å². The summed E-state index contributed by atoms with van der Waals surface area (Å²) >= 11 is 3.38. The van der Waals surface area contributed by atoms with Crippen LogP contribution >= 0.6 is 15.9 Å². The molecule has 0 saturated carbocycles. The van der Waals surface area contributed by atoms with Crippen LogP contribution in [-0.4, -0.2) is 32.4 Å². The first-order chi connectivity index (χ1) is 9.95. The van der Waals surface area contributed by atoms with Gasteiger partial charge in [0.1, 0.15) is 0 Å². The zero-order chi connectivity index (χ0) is 15.5. The van der Waals surface area contributed by atoms with Crippen molar-refractivity contribution in [3.05, 3.63) is 39.9 Å². The molecule has 1 heterocycles. The van der Waals surface area contributed by atoms with E-state index < -0.39 is 10.0 Å². The minimum Gasteiger partial charge on any atom is -0.313 e. The molecule has 4 nitrogen and oxygen atoms in total. The van der Waals surface area contributed by atoms with Gasteiger partial charge in [-0.2, -0.15) is 4.31 Å². The van der Waals surface area contributed by atoms with Gasteiger partial charge in [-0.3, -0.25) is 0 Å². The smallest absolute Gasteiger partial charge is 0.244 e. The Labute approximate surface area is 135 Å². The average molecular weight is 373 g/mol. The van der Waals surface area contributed by atoms with Crippen molar-refractivity contribution in [1.82, 2.24) is 9.62 Å². The molecule has 0 spiro atoms. The Morgan fingerprint density at radius 3 is 2.81 bits per heavy atom. The van der Waals surface area contributed by atoms with Crippen molar-refractivity contribution in [3.8, 4) is 0 Å². The van der Waals surface area contributed by atoms with Crippen molar-refractivity contribution in [2.45, 2.75) is 31.7 Å². The number of halogens is 1. The molecule has 0 aliphatic carbocycles. The molecule has 0 saturated heterocycles. The molecule has 1 aliphatic rings. The molecule has 0 unspecified atom stereocenters. The summed E-state index contributed by atoms with van der Waals surface area (Å²) < 4.78 is 27.8. The Morgan fingerprint density at radius 1 is 1.38 bits per heavy atom. The number of nitrogens with zero attached hydrogens (tertiary/aromatic N) is 1. The van der Waals surface area contributed by atoms with Crippen molar-refractivity contribution < 1.29 is 8.42 Å². The van der Waals surface area contributed by atoms with Crippen molar-refractivity contribution in [1.29, 1.82) is 0 Å². The van der Waals surface area contributed by atoms with Crippen LogP contribution in [0.3, 0.4) is 0 Å². The maximum atomic E-state index is 12.8. The predicted octanol–water partition coefficient (Wildman–Crippen LogP) is 2.90. The number of rotatable bonds is 5. The van der Waals surface area contributed by atoms with Crippen LogP contribution in [0.2, 0.25) is 0 Å². The van der Waals surface area contributed by atoms with Crippen LogP contribution in [0.5, 0.6) is 0 Å².